The number of aryl methyl sites for hydroxylation is 1. The molecule has 1 amide bonds. The molecule has 2 aromatic carbocycles. The number of rotatable bonds is 7. The molecule has 0 fully saturated rings. The van der Waals surface area contributed by atoms with Crippen molar-refractivity contribution in [1.82, 2.24) is 20.2 Å². The van der Waals surface area contributed by atoms with E-state index < -0.39 is 5.91 Å². The molecule has 2 aromatic heterocycles. The zero-order valence-electron chi connectivity index (χ0n) is 17.9. The van der Waals surface area contributed by atoms with Crippen molar-refractivity contribution < 1.29 is 9.21 Å². The SMILES string of the molecule is CCc1nnc(SCc2ccccc2)n1NC(=S)NC(=O)c1ccc(-c2cccc(Cl)c2Cl)o1. The van der Waals surface area contributed by atoms with Gasteiger partial charge >= 0.3 is 0 Å². The number of carbonyl (C=O) groups excluding carboxylic acids is 1. The summed E-state index contributed by atoms with van der Waals surface area (Å²) in [6.07, 6.45) is 0.629. The Balaban J connectivity index is 1.43. The van der Waals surface area contributed by atoms with E-state index in [0.717, 1.165) is 5.56 Å². The number of thiocarbonyl (C=S) groups is 1. The molecule has 11 heteroatoms. The fraction of sp³-hybridized carbons (Fsp3) is 0.130. The quantitative estimate of drug-likeness (QED) is 0.225. The molecule has 4 rings (SSSR count). The molecule has 0 atom stereocenters. The molecule has 0 spiro atoms. The van der Waals surface area contributed by atoms with Crippen molar-refractivity contribution >= 4 is 58.2 Å². The van der Waals surface area contributed by atoms with Crippen LogP contribution in [0, 0.1) is 0 Å². The highest BCUT2D eigenvalue weighted by Gasteiger charge is 2.18. The summed E-state index contributed by atoms with van der Waals surface area (Å²) in [7, 11) is 0. The van der Waals surface area contributed by atoms with Crippen LogP contribution in [0.1, 0.15) is 28.9 Å². The molecule has 0 saturated carbocycles. The molecule has 0 unspecified atom stereocenters. The summed E-state index contributed by atoms with van der Waals surface area (Å²) in [4.78, 5) is 12.7. The number of nitrogens with one attached hydrogen (secondary N) is 2. The van der Waals surface area contributed by atoms with Crippen LogP contribution in [0.25, 0.3) is 11.3 Å². The van der Waals surface area contributed by atoms with Gasteiger partial charge in [-0.25, -0.2) is 4.68 Å². The molecule has 0 aliphatic heterocycles. The molecule has 4 aromatic rings. The van der Waals surface area contributed by atoms with Crippen LogP contribution >= 0.6 is 47.2 Å². The van der Waals surface area contributed by atoms with Crippen molar-refractivity contribution in [2.75, 3.05) is 5.43 Å². The molecule has 174 valence electrons. The molecule has 7 nitrogen and oxygen atoms in total. The van der Waals surface area contributed by atoms with E-state index in [2.05, 4.69) is 20.9 Å². The lowest BCUT2D eigenvalue weighted by atomic mass is 10.2. The molecule has 34 heavy (non-hydrogen) atoms. The second-order valence-corrected chi connectivity index (χ2v) is 9.16. The zero-order chi connectivity index (χ0) is 24.1. The monoisotopic (exact) mass is 531 g/mol. The molecule has 0 aliphatic rings. The lowest BCUT2D eigenvalue weighted by molar-refractivity contribution is 0.0951. The van der Waals surface area contributed by atoms with Crippen LogP contribution in [-0.4, -0.2) is 25.9 Å². The van der Waals surface area contributed by atoms with Gasteiger partial charge in [-0.15, -0.1) is 10.2 Å². The topological polar surface area (TPSA) is 85.0 Å². The van der Waals surface area contributed by atoms with Crippen LogP contribution in [-0.2, 0) is 12.2 Å². The Hall–Kier alpha value is -2.85. The van der Waals surface area contributed by atoms with E-state index in [-0.39, 0.29) is 10.9 Å². The fourth-order valence-corrected chi connectivity index (χ4v) is 4.49. The first-order valence-corrected chi connectivity index (χ1v) is 12.4. The first-order valence-electron chi connectivity index (χ1n) is 10.2. The van der Waals surface area contributed by atoms with E-state index in [9.17, 15) is 4.79 Å². The maximum atomic E-state index is 12.7. The number of hydrogen-bond donors (Lipinski definition) is 2. The van der Waals surface area contributed by atoms with Crippen LogP contribution < -0.4 is 10.7 Å². The second kappa shape index (κ2) is 11.1. The summed E-state index contributed by atoms with van der Waals surface area (Å²) in [5.74, 6) is 1.39. The summed E-state index contributed by atoms with van der Waals surface area (Å²) >= 11 is 19.2. The van der Waals surface area contributed by atoms with Gasteiger partial charge in [-0.3, -0.25) is 15.5 Å². The third-order valence-corrected chi connectivity index (χ3v) is 6.73. The number of nitrogens with zero attached hydrogens (tertiary/aromatic N) is 3. The fourth-order valence-electron chi connectivity index (χ4n) is 3.05. The Morgan fingerprint density at radius 2 is 1.88 bits per heavy atom. The lowest BCUT2D eigenvalue weighted by Gasteiger charge is -2.13. The van der Waals surface area contributed by atoms with Crippen LogP contribution in [0.2, 0.25) is 10.0 Å². The van der Waals surface area contributed by atoms with Gasteiger partial charge < -0.3 is 4.42 Å². The summed E-state index contributed by atoms with van der Waals surface area (Å²) in [6, 6.07) is 18.4. The van der Waals surface area contributed by atoms with Crippen molar-refractivity contribution in [1.29, 1.82) is 0 Å². The van der Waals surface area contributed by atoms with E-state index in [0.29, 0.717) is 44.5 Å². The molecule has 2 heterocycles. The van der Waals surface area contributed by atoms with Gasteiger partial charge in [-0.2, -0.15) is 0 Å². The lowest BCUT2D eigenvalue weighted by Crippen LogP contribution is -2.38. The van der Waals surface area contributed by atoms with Crippen molar-refractivity contribution in [3.8, 4) is 11.3 Å². The van der Waals surface area contributed by atoms with Crippen LogP contribution in [0.4, 0.5) is 0 Å². The Labute approximate surface area is 215 Å². The molecular formula is C23H19Cl2N5O2S2. The number of furan rings is 1. The minimum absolute atomic E-state index is 0.0772. The first kappa shape index (κ1) is 24.3. The van der Waals surface area contributed by atoms with E-state index in [1.165, 1.54) is 11.8 Å². The summed E-state index contributed by atoms with van der Waals surface area (Å²) in [5, 5.41) is 12.5. The van der Waals surface area contributed by atoms with Crippen molar-refractivity contribution in [2.45, 2.75) is 24.3 Å². The minimum Gasteiger partial charge on any atom is -0.451 e. The third-order valence-electron chi connectivity index (χ3n) is 4.71. The molecule has 0 radical (unpaired) electrons. The van der Waals surface area contributed by atoms with E-state index in [4.69, 9.17) is 39.8 Å². The van der Waals surface area contributed by atoms with Gasteiger partial charge in [0.2, 0.25) is 5.16 Å². The number of benzene rings is 2. The highest BCUT2D eigenvalue weighted by Crippen LogP contribution is 2.34. The summed E-state index contributed by atoms with van der Waals surface area (Å²) in [5.41, 5.74) is 4.74. The predicted octanol–water partition coefficient (Wildman–Crippen LogP) is 5.96. The van der Waals surface area contributed by atoms with E-state index in [1.54, 1.807) is 35.0 Å². The summed E-state index contributed by atoms with van der Waals surface area (Å²) < 4.78 is 7.36. The third kappa shape index (κ3) is 5.61. The maximum Gasteiger partial charge on any atom is 0.293 e. The number of amides is 1. The van der Waals surface area contributed by atoms with Gasteiger partial charge in [0.1, 0.15) is 5.76 Å². The average molecular weight is 532 g/mol. The first-order chi connectivity index (χ1) is 16.5. The van der Waals surface area contributed by atoms with E-state index in [1.807, 2.05) is 37.3 Å². The molecule has 0 saturated heterocycles. The molecule has 2 N–H and O–H groups in total. The normalized spacial score (nSPS) is 10.8. The van der Waals surface area contributed by atoms with E-state index >= 15 is 0 Å². The van der Waals surface area contributed by atoms with Crippen molar-refractivity contribution in [3.63, 3.8) is 0 Å². The smallest absolute Gasteiger partial charge is 0.293 e. The average Bonchev–Trinajstić information content (AvgIpc) is 3.47. The van der Waals surface area contributed by atoms with Gasteiger partial charge in [0.25, 0.3) is 5.91 Å². The number of carbonyl (C=O) groups is 1. The number of thioether (sulfide) groups is 1. The van der Waals surface area contributed by atoms with Gasteiger partial charge in [-0.05, 0) is 42.0 Å². The molecular weight excluding hydrogens is 513 g/mol. The standard InChI is InChI=1S/C23H19Cl2N5O2S2/c1-2-19-27-28-23(34-13-14-7-4-3-5-8-14)30(19)29-22(33)26-21(31)18-12-11-17(32-18)15-9-6-10-16(24)20(15)25/h3-12H,2,13H2,1H3,(H2,26,29,31,33). The number of halogens is 2. The molecule has 0 bridgehead atoms. The predicted molar refractivity (Wildman–Crippen MR) is 139 cm³/mol. The Kier molecular flexibility index (Phi) is 7.89. The van der Waals surface area contributed by atoms with Crippen LogP contribution in [0.5, 0.6) is 0 Å². The number of aromatic nitrogens is 3. The van der Waals surface area contributed by atoms with Gasteiger partial charge in [-0.1, -0.05) is 78.3 Å². The van der Waals surface area contributed by atoms with Gasteiger partial charge in [0.15, 0.2) is 16.7 Å². The minimum atomic E-state index is -0.508. The Bertz CT molecular complexity index is 1320. The van der Waals surface area contributed by atoms with Crippen LogP contribution in [0.15, 0.2) is 70.2 Å². The number of hydrogen-bond acceptors (Lipinski definition) is 6. The second-order valence-electron chi connectivity index (χ2n) is 7.02. The largest absolute Gasteiger partial charge is 0.451 e. The van der Waals surface area contributed by atoms with Gasteiger partial charge in [0.05, 0.1) is 10.0 Å². The van der Waals surface area contributed by atoms with Gasteiger partial charge in [0, 0.05) is 17.7 Å². The Morgan fingerprint density at radius 3 is 2.65 bits per heavy atom. The van der Waals surface area contributed by atoms with Crippen molar-refractivity contribution in [2.24, 2.45) is 0 Å². The van der Waals surface area contributed by atoms with Crippen molar-refractivity contribution in [3.05, 3.63) is 87.9 Å². The molecule has 0 aliphatic carbocycles. The maximum absolute atomic E-state index is 12.7. The Morgan fingerprint density at radius 1 is 1.09 bits per heavy atom. The summed E-state index contributed by atoms with van der Waals surface area (Å²) in [6.45, 7) is 1.96. The highest BCUT2D eigenvalue weighted by molar-refractivity contribution is 7.98. The zero-order valence-corrected chi connectivity index (χ0v) is 21.1. The highest BCUT2D eigenvalue weighted by atomic mass is 35.5. The van der Waals surface area contributed by atoms with Crippen LogP contribution in [0.3, 0.4) is 0 Å².